The number of nitrogens with two attached hydrogens (primary N) is 1. The Balaban J connectivity index is 2.67. The molecule has 3 nitrogen and oxygen atoms in total. The van der Waals surface area contributed by atoms with Gasteiger partial charge in [-0.05, 0) is 39.0 Å². The number of ether oxygens (including phenoxy) is 1. The molecule has 1 aliphatic carbocycles. The first-order valence-corrected chi connectivity index (χ1v) is 7.10. The molecule has 3 heteroatoms. The standard InChI is InChI=1S/C14H28N2O/c1-3-9-13(17-4-2)14(16-15)12-10-7-5-6-8-11-12/h10,13-14,16H,3-9,11,15H2,1-2H3. The number of allylic oxidation sites excluding steroid dienone is 1. The third-order valence-corrected chi connectivity index (χ3v) is 3.48. The molecule has 0 amide bonds. The van der Waals surface area contributed by atoms with Crippen molar-refractivity contribution in [3.63, 3.8) is 0 Å². The van der Waals surface area contributed by atoms with E-state index in [0.717, 1.165) is 19.4 Å². The van der Waals surface area contributed by atoms with Crippen LogP contribution in [0, 0.1) is 0 Å². The summed E-state index contributed by atoms with van der Waals surface area (Å²) in [5.41, 5.74) is 4.43. The first kappa shape index (κ1) is 14.7. The number of nitrogens with one attached hydrogen (secondary N) is 1. The third-order valence-electron chi connectivity index (χ3n) is 3.48. The molecule has 0 heterocycles. The van der Waals surface area contributed by atoms with E-state index in [4.69, 9.17) is 10.6 Å². The van der Waals surface area contributed by atoms with E-state index in [1.165, 1.54) is 37.7 Å². The van der Waals surface area contributed by atoms with E-state index in [-0.39, 0.29) is 12.1 Å². The average molecular weight is 240 g/mol. The summed E-state index contributed by atoms with van der Waals surface area (Å²) in [6.07, 6.45) is 11.1. The van der Waals surface area contributed by atoms with Crippen LogP contribution in [0.4, 0.5) is 0 Å². The molecule has 100 valence electrons. The minimum atomic E-state index is 0.202. The zero-order valence-electron chi connectivity index (χ0n) is 11.4. The minimum Gasteiger partial charge on any atom is -0.376 e. The minimum absolute atomic E-state index is 0.202. The van der Waals surface area contributed by atoms with E-state index in [1.54, 1.807) is 0 Å². The van der Waals surface area contributed by atoms with Gasteiger partial charge in [0.1, 0.15) is 0 Å². The van der Waals surface area contributed by atoms with Gasteiger partial charge in [-0.15, -0.1) is 0 Å². The fourth-order valence-corrected chi connectivity index (χ4v) is 2.62. The quantitative estimate of drug-likeness (QED) is 0.408. The summed E-state index contributed by atoms with van der Waals surface area (Å²) in [5, 5.41) is 0. The van der Waals surface area contributed by atoms with Gasteiger partial charge in [-0.1, -0.05) is 31.4 Å². The van der Waals surface area contributed by atoms with E-state index in [2.05, 4.69) is 25.3 Å². The summed E-state index contributed by atoms with van der Waals surface area (Å²) < 4.78 is 5.85. The predicted octanol–water partition coefficient (Wildman–Crippen LogP) is 2.91. The molecule has 0 radical (unpaired) electrons. The van der Waals surface area contributed by atoms with Crippen molar-refractivity contribution in [2.75, 3.05) is 6.61 Å². The van der Waals surface area contributed by atoms with Gasteiger partial charge in [0.25, 0.3) is 0 Å². The summed E-state index contributed by atoms with van der Waals surface area (Å²) >= 11 is 0. The number of rotatable bonds is 7. The SMILES string of the molecule is CCCC(OCC)C(NN)C1=CCCCCC1. The Morgan fingerprint density at radius 3 is 2.82 bits per heavy atom. The molecule has 0 aliphatic heterocycles. The molecule has 2 unspecified atom stereocenters. The molecular formula is C14H28N2O. The highest BCUT2D eigenvalue weighted by molar-refractivity contribution is 5.14. The highest BCUT2D eigenvalue weighted by Gasteiger charge is 2.24. The van der Waals surface area contributed by atoms with E-state index in [1.807, 2.05) is 0 Å². The molecule has 0 saturated heterocycles. The summed E-state index contributed by atoms with van der Waals surface area (Å²) in [4.78, 5) is 0. The molecule has 0 aromatic rings. The molecule has 0 aromatic heterocycles. The van der Waals surface area contributed by atoms with Gasteiger partial charge in [-0.25, -0.2) is 0 Å². The van der Waals surface area contributed by atoms with E-state index >= 15 is 0 Å². The average Bonchev–Trinajstić information content (AvgIpc) is 2.60. The second-order valence-corrected chi connectivity index (χ2v) is 4.81. The zero-order chi connectivity index (χ0) is 12.5. The van der Waals surface area contributed by atoms with Gasteiger partial charge in [0.05, 0.1) is 12.1 Å². The Morgan fingerprint density at radius 1 is 1.35 bits per heavy atom. The van der Waals surface area contributed by atoms with E-state index in [9.17, 15) is 0 Å². The highest BCUT2D eigenvalue weighted by atomic mass is 16.5. The molecule has 3 N–H and O–H groups in total. The Morgan fingerprint density at radius 2 is 2.18 bits per heavy atom. The van der Waals surface area contributed by atoms with Crippen LogP contribution in [0.15, 0.2) is 11.6 Å². The predicted molar refractivity (Wildman–Crippen MR) is 72.6 cm³/mol. The van der Waals surface area contributed by atoms with Gasteiger partial charge in [0.15, 0.2) is 0 Å². The Bertz CT molecular complexity index is 222. The van der Waals surface area contributed by atoms with Gasteiger partial charge >= 0.3 is 0 Å². The first-order valence-electron chi connectivity index (χ1n) is 7.10. The van der Waals surface area contributed by atoms with Gasteiger partial charge in [-0.3, -0.25) is 11.3 Å². The lowest BCUT2D eigenvalue weighted by Crippen LogP contribution is -2.46. The Labute approximate surface area is 106 Å². The number of hydrogen-bond donors (Lipinski definition) is 2. The second kappa shape index (κ2) is 8.67. The molecule has 1 aliphatic rings. The van der Waals surface area contributed by atoms with Crippen LogP contribution in [0.1, 0.15) is 58.8 Å². The lowest BCUT2D eigenvalue weighted by Gasteiger charge is -2.28. The summed E-state index contributed by atoms with van der Waals surface area (Å²) in [6.45, 7) is 5.01. The maximum atomic E-state index is 5.85. The van der Waals surface area contributed by atoms with Gasteiger partial charge in [0.2, 0.25) is 0 Å². The monoisotopic (exact) mass is 240 g/mol. The van der Waals surface area contributed by atoms with Crippen molar-refractivity contribution in [1.29, 1.82) is 0 Å². The second-order valence-electron chi connectivity index (χ2n) is 4.81. The largest absolute Gasteiger partial charge is 0.376 e. The molecule has 0 fully saturated rings. The van der Waals surface area contributed by atoms with Crippen molar-refractivity contribution in [3.8, 4) is 0 Å². The molecule has 1 rings (SSSR count). The molecule has 17 heavy (non-hydrogen) atoms. The maximum Gasteiger partial charge on any atom is 0.0779 e. The van der Waals surface area contributed by atoms with Crippen LogP contribution in [0.2, 0.25) is 0 Å². The molecule has 0 aromatic carbocycles. The van der Waals surface area contributed by atoms with Gasteiger partial charge < -0.3 is 4.74 Å². The van der Waals surface area contributed by atoms with Crippen molar-refractivity contribution in [2.24, 2.45) is 5.84 Å². The van der Waals surface area contributed by atoms with Crippen LogP contribution in [-0.2, 0) is 4.74 Å². The molecule has 0 bridgehead atoms. The fourth-order valence-electron chi connectivity index (χ4n) is 2.62. The number of hydrazine groups is 1. The smallest absolute Gasteiger partial charge is 0.0779 e. The van der Waals surface area contributed by atoms with Crippen molar-refractivity contribution in [1.82, 2.24) is 5.43 Å². The van der Waals surface area contributed by atoms with Crippen molar-refractivity contribution in [2.45, 2.75) is 70.9 Å². The van der Waals surface area contributed by atoms with Gasteiger partial charge in [-0.2, -0.15) is 0 Å². The lowest BCUT2D eigenvalue weighted by atomic mass is 9.95. The normalized spacial score (nSPS) is 20.5. The van der Waals surface area contributed by atoms with Crippen LogP contribution in [0.3, 0.4) is 0 Å². The van der Waals surface area contributed by atoms with Crippen LogP contribution in [-0.4, -0.2) is 18.8 Å². The highest BCUT2D eigenvalue weighted by Crippen LogP contribution is 2.23. The fraction of sp³-hybridized carbons (Fsp3) is 0.857. The Kier molecular flexibility index (Phi) is 7.49. The Hall–Kier alpha value is -0.380. The third kappa shape index (κ3) is 4.78. The number of hydrogen-bond acceptors (Lipinski definition) is 3. The first-order chi connectivity index (χ1) is 8.33. The van der Waals surface area contributed by atoms with Crippen molar-refractivity contribution < 1.29 is 4.74 Å². The zero-order valence-corrected chi connectivity index (χ0v) is 11.4. The molecular weight excluding hydrogens is 212 g/mol. The molecule has 0 spiro atoms. The van der Waals surface area contributed by atoms with Crippen LogP contribution < -0.4 is 11.3 Å². The van der Waals surface area contributed by atoms with E-state index in [0.29, 0.717) is 0 Å². The molecule has 2 atom stereocenters. The lowest BCUT2D eigenvalue weighted by molar-refractivity contribution is 0.0361. The van der Waals surface area contributed by atoms with Crippen molar-refractivity contribution in [3.05, 3.63) is 11.6 Å². The molecule has 0 saturated carbocycles. The van der Waals surface area contributed by atoms with E-state index < -0.39 is 0 Å². The summed E-state index contributed by atoms with van der Waals surface area (Å²) in [5.74, 6) is 5.75. The van der Waals surface area contributed by atoms with Crippen molar-refractivity contribution >= 4 is 0 Å². The van der Waals surface area contributed by atoms with Crippen LogP contribution >= 0.6 is 0 Å². The van der Waals surface area contributed by atoms with Crippen LogP contribution in [0.5, 0.6) is 0 Å². The van der Waals surface area contributed by atoms with Crippen LogP contribution in [0.25, 0.3) is 0 Å². The topological polar surface area (TPSA) is 47.3 Å². The summed E-state index contributed by atoms with van der Waals surface area (Å²) in [6, 6.07) is 0.202. The maximum absolute atomic E-state index is 5.85. The summed E-state index contributed by atoms with van der Waals surface area (Å²) in [7, 11) is 0. The van der Waals surface area contributed by atoms with Gasteiger partial charge in [0, 0.05) is 6.61 Å².